The number of rotatable bonds is 5. The molecule has 6 heteroatoms. The number of allylic oxidation sites excluding steroid dienone is 1. The van der Waals surface area contributed by atoms with Gasteiger partial charge in [0.1, 0.15) is 5.82 Å². The number of carbonyl (C=O) groups is 1. The molecule has 1 amide bonds. The highest BCUT2D eigenvalue weighted by atomic mass is 19.1. The summed E-state index contributed by atoms with van der Waals surface area (Å²) in [6.45, 7) is 4.39. The second kappa shape index (κ2) is 7.45. The van der Waals surface area contributed by atoms with Gasteiger partial charge in [0.15, 0.2) is 0 Å². The Morgan fingerprint density at radius 3 is 2.88 bits per heavy atom. The van der Waals surface area contributed by atoms with Crippen molar-refractivity contribution in [2.75, 3.05) is 0 Å². The number of fused-ring (bicyclic) bond motifs is 1. The lowest BCUT2D eigenvalue weighted by molar-refractivity contribution is 0.0951. The summed E-state index contributed by atoms with van der Waals surface area (Å²) in [5.41, 5.74) is 4.14. The molecule has 1 heterocycles. The first-order chi connectivity index (χ1) is 12.6. The Morgan fingerprint density at radius 2 is 2.15 bits per heavy atom. The maximum absolute atomic E-state index is 13.9. The minimum atomic E-state index is -0.765. The summed E-state index contributed by atoms with van der Waals surface area (Å²) in [6.07, 6.45) is 5.22. The molecule has 0 bridgehead atoms. The molecule has 0 atom stereocenters. The number of nitriles is 1. The van der Waals surface area contributed by atoms with Crippen molar-refractivity contribution in [3.05, 3.63) is 83.8 Å². The second-order valence-electron chi connectivity index (χ2n) is 5.55. The predicted octanol–water partition coefficient (Wildman–Crippen LogP) is 3.60. The lowest BCUT2D eigenvalue weighted by Crippen LogP contribution is -2.19. The highest BCUT2D eigenvalue weighted by Gasteiger charge is 2.11. The second-order valence-corrected chi connectivity index (χ2v) is 5.55. The third kappa shape index (κ3) is 3.37. The Hall–Kier alpha value is -3.72. The average molecular weight is 346 g/mol. The van der Waals surface area contributed by atoms with Crippen LogP contribution in [0.25, 0.3) is 10.9 Å². The minimum Gasteiger partial charge on any atom is -0.343 e. The highest BCUT2D eigenvalue weighted by molar-refractivity contribution is 6.00. The number of nitrogens with zero attached hydrogens (tertiary/aromatic N) is 3. The molecule has 26 heavy (non-hydrogen) atoms. The Morgan fingerprint density at radius 1 is 1.35 bits per heavy atom. The molecule has 3 aromatic rings. The Balaban J connectivity index is 1.81. The third-order valence-corrected chi connectivity index (χ3v) is 3.86. The van der Waals surface area contributed by atoms with E-state index < -0.39 is 11.7 Å². The van der Waals surface area contributed by atoms with Gasteiger partial charge in [-0.3, -0.25) is 4.79 Å². The lowest BCUT2D eigenvalue weighted by Gasteiger charge is -2.01. The van der Waals surface area contributed by atoms with Crippen LogP contribution in [0, 0.1) is 17.1 Å². The molecule has 128 valence electrons. The van der Waals surface area contributed by atoms with Crippen molar-refractivity contribution < 1.29 is 9.18 Å². The van der Waals surface area contributed by atoms with Crippen LogP contribution < -0.4 is 5.43 Å². The van der Waals surface area contributed by atoms with Crippen molar-refractivity contribution in [1.29, 1.82) is 5.26 Å². The lowest BCUT2D eigenvalue weighted by atomic mass is 10.1. The van der Waals surface area contributed by atoms with Crippen molar-refractivity contribution in [3.8, 4) is 6.07 Å². The Kier molecular flexibility index (Phi) is 4.90. The minimum absolute atomic E-state index is 0.151. The Bertz CT molecular complexity index is 1060. The van der Waals surface area contributed by atoms with Gasteiger partial charge in [-0.2, -0.15) is 10.4 Å². The fourth-order valence-electron chi connectivity index (χ4n) is 2.66. The van der Waals surface area contributed by atoms with Crippen LogP contribution in [-0.4, -0.2) is 16.7 Å². The van der Waals surface area contributed by atoms with Gasteiger partial charge in [0.2, 0.25) is 0 Å². The van der Waals surface area contributed by atoms with Crippen molar-refractivity contribution >= 4 is 23.0 Å². The van der Waals surface area contributed by atoms with Gasteiger partial charge in [-0.25, -0.2) is 9.82 Å². The molecular formula is C20H15FN4O. The number of benzene rings is 2. The standard InChI is InChI=1S/C20H15FN4O/c1-2-9-25-13-15(16-5-3-4-6-19(16)25)12-23-24-20(26)17-8-7-14(11-22)10-18(17)21/h2-8,10,12-13H,1,9H2,(H,24,26)/b23-12-. The molecule has 0 saturated carbocycles. The van der Waals surface area contributed by atoms with E-state index in [1.54, 1.807) is 6.08 Å². The average Bonchev–Trinajstić information content (AvgIpc) is 3.00. The first-order valence-corrected chi connectivity index (χ1v) is 7.86. The zero-order valence-corrected chi connectivity index (χ0v) is 13.8. The fraction of sp³-hybridized carbons (Fsp3) is 0.0500. The fourth-order valence-corrected chi connectivity index (χ4v) is 2.66. The first-order valence-electron chi connectivity index (χ1n) is 7.86. The molecule has 3 rings (SSSR count). The number of carbonyl (C=O) groups excluding carboxylic acids is 1. The number of aromatic nitrogens is 1. The van der Waals surface area contributed by atoms with E-state index in [1.807, 2.05) is 41.1 Å². The topological polar surface area (TPSA) is 70.2 Å². The number of para-hydroxylation sites is 1. The summed E-state index contributed by atoms with van der Waals surface area (Å²) in [5.74, 6) is -1.45. The van der Waals surface area contributed by atoms with Gasteiger partial charge >= 0.3 is 0 Å². The van der Waals surface area contributed by atoms with Crippen LogP contribution >= 0.6 is 0 Å². The van der Waals surface area contributed by atoms with Crippen LogP contribution in [0.3, 0.4) is 0 Å². The number of halogens is 1. The molecule has 0 aliphatic rings. The van der Waals surface area contributed by atoms with Gasteiger partial charge in [0.05, 0.1) is 23.4 Å². The van der Waals surface area contributed by atoms with Crippen molar-refractivity contribution in [1.82, 2.24) is 9.99 Å². The van der Waals surface area contributed by atoms with Crippen molar-refractivity contribution in [2.45, 2.75) is 6.54 Å². The monoisotopic (exact) mass is 346 g/mol. The van der Waals surface area contributed by atoms with Gasteiger partial charge in [0.25, 0.3) is 5.91 Å². The van der Waals surface area contributed by atoms with Crippen LogP contribution in [0.1, 0.15) is 21.5 Å². The predicted molar refractivity (Wildman–Crippen MR) is 98.3 cm³/mol. The van der Waals surface area contributed by atoms with E-state index in [0.29, 0.717) is 6.54 Å². The molecule has 0 aliphatic carbocycles. The number of hydrogen-bond donors (Lipinski definition) is 1. The van der Waals surface area contributed by atoms with E-state index in [4.69, 9.17) is 5.26 Å². The molecule has 0 aliphatic heterocycles. The summed E-state index contributed by atoms with van der Waals surface area (Å²) < 4.78 is 15.9. The van der Waals surface area contributed by atoms with Crippen molar-refractivity contribution in [2.24, 2.45) is 5.10 Å². The molecule has 0 spiro atoms. The molecular weight excluding hydrogens is 331 g/mol. The highest BCUT2D eigenvalue weighted by Crippen LogP contribution is 2.20. The van der Waals surface area contributed by atoms with Gasteiger partial charge in [-0.1, -0.05) is 24.3 Å². The molecule has 0 saturated heterocycles. The number of nitrogens with one attached hydrogen (secondary N) is 1. The smallest absolute Gasteiger partial charge is 0.274 e. The first kappa shape index (κ1) is 17.1. The van der Waals surface area contributed by atoms with Crippen LogP contribution in [0.15, 0.2) is 66.4 Å². The zero-order valence-electron chi connectivity index (χ0n) is 13.8. The van der Waals surface area contributed by atoms with Gasteiger partial charge in [0, 0.05) is 29.2 Å². The molecule has 1 aromatic heterocycles. The molecule has 0 fully saturated rings. The normalized spacial score (nSPS) is 10.8. The quantitative estimate of drug-likeness (QED) is 0.436. The third-order valence-electron chi connectivity index (χ3n) is 3.86. The van der Waals surface area contributed by atoms with E-state index in [9.17, 15) is 9.18 Å². The molecule has 1 N–H and O–H groups in total. The molecule has 2 aromatic carbocycles. The summed E-state index contributed by atoms with van der Waals surface area (Å²) in [7, 11) is 0. The van der Waals surface area contributed by atoms with Gasteiger partial charge < -0.3 is 4.57 Å². The van der Waals surface area contributed by atoms with E-state index in [2.05, 4.69) is 17.1 Å². The van der Waals surface area contributed by atoms with E-state index in [1.165, 1.54) is 18.3 Å². The summed E-state index contributed by atoms with van der Waals surface area (Å²) in [5, 5.41) is 13.6. The van der Waals surface area contributed by atoms with Gasteiger partial charge in [-0.15, -0.1) is 6.58 Å². The van der Waals surface area contributed by atoms with E-state index in [-0.39, 0.29) is 11.1 Å². The van der Waals surface area contributed by atoms with E-state index >= 15 is 0 Å². The van der Waals surface area contributed by atoms with Crippen LogP contribution in [-0.2, 0) is 6.54 Å². The number of hydrogen-bond acceptors (Lipinski definition) is 3. The summed E-state index contributed by atoms with van der Waals surface area (Å²) in [6, 6.07) is 13.3. The van der Waals surface area contributed by atoms with E-state index in [0.717, 1.165) is 22.5 Å². The van der Waals surface area contributed by atoms with Crippen LogP contribution in [0.5, 0.6) is 0 Å². The Labute approximate surface area is 149 Å². The SMILES string of the molecule is C=CCn1cc(/C=N\NC(=O)c2ccc(C#N)cc2F)c2ccccc21. The molecule has 5 nitrogen and oxygen atoms in total. The largest absolute Gasteiger partial charge is 0.343 e. The zero-order chi connectivity index (χ0) is 18.5. The maximum atomic E-state index is 13.9. The summed E-state index contributed by atoms with van der Waals surface area (Å²) >= 11 is 0. The van der Waals surface area contributed by atoms with Crippen molar-refractivity contribution in [3.63, 3.8) is 0 Å². The molecule has 0 radical (unpaired) electrons. The van der Waals surface area contributed by atoms with Crippen LogP contribution in [0.4, 0.5) is 4.39 Å². The summed E-state index contributed by atoms with van der Waals surface area (Å²) in [4.78, 5) is 12.1. The number of amides is 1. The number of hydrazone groups is 1. The molecule has 0 unspecified atom stereocenters. The van der Waals surface area contributed by atoms with Crippen LogP contribution in [0.2, 0.25) is 0 Å². The maximum Gasteiger partial charge on any atom is 0.274 e. The van der Waals surface area contributed by atoms with Gasteiger partial charge in [-0.05, 0) is 24.3 Å².